The van der Waals surface area contributed by atoms with E-state index in [1.165, 1.54) is 32.4 Å². The second-order valence-corrected chi connectivity index (χ2v) is 4.10. The lowest BCUT2D eigenvalue weighted by atomic mass is 10.2. The van der Waals surface area contributed by atoms with Gasteiger partial charge < -0.3 is 10.2 Å². The van der Waals surface area contributed by atoms with Crippen molar-refractivity contribution in [3.05, 3.63) is 0 Å². The van der Waals surface area contributed by atoms with E-state index in [1.54, 1.807) is 4.90 Å². The van der Waals surface area contributed by atoms with Gasteiger partial charge in [0.25, 0.3) is 0 Å². The molecule has 1 saturated heterocycles. The molecular formula is C8H18N2S2. The van der Waals surface area contributed by atoms with Crippen molar-refractivity contribution >= 4 is 29.2 Å². The zero-order valence-electron chi connectivity index (χ0n) is 7.84. The van der Waals surface area contributed by atoms with E-state index in [-0.39, 0.29) is 0 Å². The SMILES string of the molecule is C1CCNCC1.CN(C)C(=S)S. The number of thiocarbonyl (C=S) groups is 1. The molecule has 1 N–H and O–H groups in total. The molecule has 0 aliphatic carbocycles. The lowest BCUT2D eigenvalue weighted by Crippen LogP contribution is -2.21. The summed E-state index contributed by atoms with van der Waals surface area (Å²) in [6.45, 7) is 2.50. The number of thiol groups is 1. The van der Waals surface area contributed by atoms with Crippen molar-refractivity contribution in [2.75, 3.05) is 27.2 Å². The Labute approximate surface area is 86.1 Å². The average Bonchev–Trinajstić information content (AvgIpc) is 2.08. The number of hydrogen-bond donors (Lipinski definition) is 2. The van der Waals surface area contributed by atoms with Gasteiger partial charge in [-0.3, -0.25) is 0 Å². The van der Waals surface area contributed by atoms with Crippen LogP contribution in [0.3, 0.4) is 0 Å². The summed E-state index contributed by atoms with van der Waals surface area (Å²) in [5, 5.41) is 3.28. The van der Waals surface area contributed by atoms with Gasteiger partial charge in [0.2, 0.25) is 0 Å². The molecule has 0 aromatic heterocycles. The van der Waals surface area contributed by atoms with Crippen LogP contribution in [0.4, 0.5) is 0 Å². The summed E-state index contributed by atoms with van der Waals surface area (Å²) in [6.07, 6.45) is 4.22. The summed E-state index contributed by atoms with van der Waals surface area (Å²) in [6, 6.07) is 0. The standard InChI is InChI=1S/C5H11N.C3H7NS2/c1-2-4-6-5-3-1;1-4(2)3(5)6/h6H,1-5H2;1-2H3,(H,5,6). The van der Waals surface area contributed by atoms with E-state index in [2.05, 4.69) is 30.2 Å². The molecule has 0 aromatic carbocycles. The zero-order valence-corrected chi connectivity index (χ0v) is 9.55. The van der Waals surface area contributed by atoms with Gasteiger partial charge in [-0.05, 0) is 25.9 Å². The monoisotopic (exact) mass is 206 g/mol. The third-order valence-electron chi connectivity index (χ3n) is 1.59. The van der Waals surface area contributed by atoms with Crippen LogP contribution in [0.1, 0.15) is 19.3 Å². The molecule has 0 aromatic rings. The van der Waals surface area contributed by atoms with E-state index in [4.69, 9.17) is 0 Å². The number of rotatable bonds is 0. The fourth-order valence-corrected chi connectivity index (χ4v) is 0.802. The molecule has 0 atom stereocenters. The van der Waals surface area contributed by atoms with Gasteiger partial charge in [-0.1, -0.05) is 18.6 Å². The highest BCUT2D eigenvalue weighted by atomic mass is 32.1. The van der Waals surface area contributed by atoms with Crippen molar-refractivity contribution < 1.29 is 0 Å². The fourth-order valence-electron chi connectivity index (χ4n) is 0.802. The summed E-state index contributed by atoms with van der Waals surface area (Å²) in [7, 11) is 3.71. The molecule has 1 heterocycles. The van der Waals surface area contributed by atoms with Gasteiger partial charge in [0.1, 0.15) is 4.32 Å². The largest absolute Gasteiger partial charge is 0.364 e. The van der Waals surface area contributed by atoms with E-state index in [0.717, 1.165) is 0 Å². The van der Waals surface area contributed by atoms with Crippen LogP contribution in [0, 0.1) is 0 Å². The third-order valence-corrected chi connectivity index (χ3v) is 2.35. The Morgan fingerprint density at radius 3 is 1.75 bits per heavy atom. The Kier molecular flexibility index (Phi) is 7.96. The van der Waals surface area contributed by atoms with Gasteiger partial charge >= 0.3 is 0 Å². The highest BCUT2D eigenvalue weighted by molar-refractivity contribution is 8.10. The maximum Gasteiger partial charge on any atom is 0.132 e. The van der Waals surface area contributed by atoms with Crippen LogP contribution in [0.2, 0.25) is 0 Å². The zero-order chi connectivity index (χ0) is 9.40. The highest BCUT2D eigenvalue weighted by Crippen LogP contribution is 1.96. The first-order chi connectivity index (χ1) is 5.64. The molecule has 0 amide bonds. The van der Waals surface area contributed by atoms with Crippen molar-refractivity contribution in [2.24, 2.45) is 0 Å². The van der Waals surface area contributed by atoms with Gasteiger partial charge in [0.05, 0.1) is 0 Å². The molecule has 1 aliphatic rings. The molecule has 0 spiro atoms. The summed E-state index contributed by atoms with van der Waals surface area (Å²) >= 11 is 8.46. The van der Waals surface area contributed by atoms with Crippen LogP contribution in [-0.2, 0) is 0 Å². The molecule has 0 unspecified atom stereocenters. The van der Waals surface area contributed by atoms with Crippen LogP contribution < -0.4 is 5.32 Å². The predicted molar refractivity (Wildman–Crippen MR) is 62.0 cm³/mol. The number of nitrogens with zero attached hydrogens (tertiary/aromatic N) is 1. The number of piperidine rings is 1. The average molecular weight is 206 g/mol. The first kappa shape index (κ1) is 12.2. The number of hydrogen-bond acceptors (Lipinski definition) is 2. The molecule has 0 radical (unpaired) electrons. The van der Waals surface area contributed by atoms with E-state index in [9.17, 15) is 0 Å². The lowest BCUT2D eigenvalue weighted by molar-refractivity contribution is 0.520. The minimum absolute atomic E-state index is 0.620. The molecular weight excluding hydrogens is 188 g/mol. The topological polar surface area (TPSA) is 15.3 Å². The smallest absolute Gasteiger partial charge is 0.132 e. The normalized spacial score (nSPS) is 15.9. The molecule has 0 saturated carbocycles. The van der Waals surface area contributed by atoms with Gasteiger partial charge in [-0.25, -0.2) is 0 Å². The van der Waals surface area contributed by atoms with E-state index in [0.29, 0.717) is 4.32 Å². The summed E-state index contributed by atoms with van der Waals surface area (Å²) < 4.78 is 0.620. The highest BCUT2D eigenvalue weighted by Gasteiger charge is 1.93. The quantitative estimate of drug-likeness (QED) is 0.462. The first-order valence-electron chi connectivity index (χ1n) is 4.25. The molecule has 4 heteroatoms. The van der Waals surface area contributed by atoms with Crippen LogP contribution in [-0.4, -0.2) is 36.4 Å². The Morgan fingerprint density at radius 1 is 1.25 bits per heavy atom. The van der Waals surface area contributed by atoms with Crippen molar-refractivity contribution in [3.8, 4) is 0 Å². The molecule has 0 bridgehead atoms. The summed E-state index contributed by atoms with van der Waals surface area (Å²) in [5.74, 6) is 0. The second-order valence-electron chi connectivity index (χ2n) is 2.99. The maximum atomic E-state index is 4.61. The Hall–Kier alpha value is 0.200. The van der Waals surface area contributed by atoms with E-state index in [1.807, 2.05) is 14.1 Å². The van der Waals surface area contributed by atoms with Gasteiger partial charge in [0.15, 0.2) is 0 Å². The third kappa shape index (κ3) is 8.30. The molecule has 2 nitrogen and oxygen atoms in total. The van der Waals surface area contributed by atoms with Gasteiger partial charge in [-0.2, -0.15) is 0 Å². The Balaban J connectivity index is 0.000000202. The van der Waals surface area contributed by atoms with Crippen molar-refractivity contribution in [3.63, 3.8) is 0 Å². The predicted octanol–water partition coefficient (Wildman–Crippen LogP) is 1.52. The molecule has 72 valence electrons. The van der Waals surface area contributed by atoms with Crippen molar-refractivity contribution in [2.45, 2.75) is 19.3 Å². The fraction of sp³-hybridized carbons (Fsp3) is 0.875. The lowest BCUT2D eigenvalue weighted by Gasteiger charge is -2.08. The van der Waals surface area contributed by atoms with Crippen molar-refractivity contribution in [1.82, 2.24) is 10.2 Å². The minimum atomic E-state index is 0.620. The van der Waals surface area contributed by atoms with Crippen LogP contribution in [0.5, 0.6) is 0 Å². The van der Waals surface area contributed by atoms with E-state index < -0.39 is 0 Å². The van der Waals surface area contributed by atoms with Crippen LogP contribution >= 0.6 is 24.8 Å². The molecule has 1 rings (SSSR count). The molecule has 1 aliphatic heterocycles. The van der Waals surface area contributed by atoms with Gasteiger partial charge in [-0.15, -0.1) is 12.6 Å². The first-order valence-corrected chi connectivity index (χ1v) is 5.11. The maximum absolute atomic E-state index is 4.61. The molecule has 1 fully saturated rings. The van der Waals surface area contributed by atoms with E-state index >= 15 is 0 Å². The summed E-state index contributed by atoms with van der Waals surface area (Å²) in [4.78, 5) is 1.76. The van der Waals surface area contributed by atoms with Crippen LogP contribution in [0.25, 0.3) is 0 Å². The minimum Gasteiger partial charge on any atom is -0.364 e. The van der Waals surface area contributed by atoms with Gasteiger partial charge in [0, 0.05) is 14.1 Å². The Morgan fingerprint density at radius 2 is 1.67 bits per heavy atom. The van der Waals surface area contributed by atoms with Crippen LogP contribution in [0.15, 0.2) is 0 Å². The van der Waals surface area contributed by atoms with Crippen molar-refractivity contribution in [1.29, 1.82) is 0 Å². The Bertz CT molecular complexity index is 111. The number of nitrogens with one attached hydrogen (secondary N) is 1. The second kappa shape index (κ2) is 7.83. The summed E-state index contributed by atoms with van der Waals surface area (Å²) in [5.41, 5.74) is 0. The molecule has 12 heavy (non-hydrogen) atoms.